The fourth-order valence-electron chi connectivity index (χ4n) is 1.82. The van der Waals surface area contributed by atoms with Crippen molar-refractivity contribution < 1.29 is 4.79 Å². The summed E-state index contributed by atoms with van der Waals surface area (Å²) in [5.74, 6) is 1.25. The molecule has 0 saturated heterocycles. The lowest BCUT2D eigenvalue weighted by Crippen LogP contribution is -2.13. The van der Waals surface area contributed by atoms with Gasteiger partial charge in [0.2, 0.25) is 0 Å². The molecule has 0 aromatic carbocycles. The minimum atomic E-state index is 0.222. The maximum absolute atomic E-state index is 11.0. The largest absolute Gasteiger partial charge is 0.299 e. The zero-order chi connectivity index (χ0) is 6.48. The maximum atomic E-state index is 11.0. The van der Waals surface area contributed by atoms with Crippen LogP contribution in [0.3, 0.4) is 0 Å². The summed E-state index contributed by atoms with van der Waals surface area (Å²) in [6.45, 7) is 1.76. The highest BCUT2D eigenvalue weighted by Gasteiger charge is 2.56. The molecule has 0 bridgehead atoms. The summed E-state index contributed by atoms with van der Waals surface area (Å²) < 4.78 is 0. The lowest BCUT2D eigenvalue weighted by atomic mass is 9.96. The maximum Gasteiger partial charge on any atom is 0.136 e. The van der Waals surface area contributed by atoms with E-state index in [4.69, 9.17) is 0 Å². The van der Waals surface area contributed by atoms with Crippen molar-refractivity contribution in [1.82, 2.24) is 0 Å². The van der Waals surface area contributed by atoms with E-state index in [1.54, 1.807) is 6.92 Å². The minimum absolute atomic E-state index is 0.222. The van der Waals surface area contributed by atoms with Gasteiger partial charge in [0.05, 0.1) is 0 Å². The molecular weight excluding hydrogens is 112 g/mol. The van der Waals surface area contributed by atoms with Crippen LogP contribution < -0.4 is 0 Å². The van der Waals surface area contributed by atoms with E-state index in [2.05, 4.69) is 0 Å². The van der Waals surface area contributed by atoms with Crippen molar-refractivity contribution in [2.24, 2.45) is 11.3 Å². The summed E-state index contributed by atoms with van der Waals surface area (Å²) in [6.07, 6.45) is 5.01. The van der Waals surface area contributed by atoms with Crippen molar-refractivity contribution in [1.29, 1.82) is 0 Å². The van der Waals surface area contributed by atoms with Crippen molar-refractivity contribution in [3.63, 3.8) is 0 Å². The number of rotatable bonds is 2. The van der Waals surface area contributed by atoms with E-state index in [1.165, 1.54) is 25.7 Å². The van der Waals surface area contributed by atoms with Gasteiger partial charge in [0.15, 0.2) is 0 Å². The molecule has 0 aromatic rings. The van der Waals surface area contributed by atoms with Crippen LogP contribution in [0.25, 0.3) is 0 Å². The highest BCUT2D eigenvalue weighted by Crippen LogP contribution is 2.61. The molecule has 50 valence electrons. The van der Waals surface area contributed by atoms with Gasteiger partial charge in [-0.3, -0.25) is 4.79 Å². The van der Waals surface area contributed by atoms with Crippen molar-refractivity contribution in [3.05, 3.63) is 0 Å². The van der Waals surface area contributed by atoms with Gasteiger partial charge in [0, 0.05) is 5.41 Å². The number of Topliss-reactive ketones (excluding diaryl/α,β-unsaturated/α-hetero) is 1. The molecule has 2 rings (SSSR count). The third kappa shape index (κ3) is 0.637. The first-order chi connectivity index (χ1) is 4.26. The van der Waals surface area contributed by atoms with Gasteiger partial charge < -0.3 is 0 Å². The lowest BCUT2D eigenvalue weighted by Gasteiger charge is -2.06. The highest BCUT2D eigenvalue weighted by atomic mass is 16.1. The minimum Gasteiger partial charge on any atom is -0.299 e. The molecule has 1 nitrogen and oxygen atoms in total. The first-order valence-corrected chi connectivity index (χ1v) is 3.77. The summed E-state index contributed by atoms with van der Waals surface area (Å²) in [4.78, 5) is 11.0. The van der Waals surface area contributed by atoms with Gasteiger partial charge in [0.1, 0.15) is 5.78 Å². The Morgan fingerprint density at radius 3 is 2.11 bits per heavy atom. The fraction of sp³-hybridized carbons (Fsp3) is 0.875. The average Bonchev–Trinajstić information content (AvgIpc) is 2.61. The Kier molecular flexibility index (Phi) is 0.842. The quantitative estimate of drug-likeness (QED) is 0.548. The van der Waals surface area contributed by atoms with Crippen LogP contribution in [0, 0.1) is 11.3 Å². The second kappa shape index (κ2) is 1.39. The number of carbonyl (C=O) groups excluding carboxylic acids is 1. The van der Waals surface area contributed by atoms with Crippen LogP contribution >= 0.6 is 0 Å². The molecular formula is C8H12O. The van der Waals surface area contributed by atoms with Gasteiger partial charge in [-0.2, -0.15) is 0 Å². The molecule has 2 fully saturated rings. The van der Waals surface area contributed by atoms with Crippen molar-refractivity contribution in [2.75, 3.05) is 0 Å². The van der Waals surface area contributed by atoms with Gasteiger partial charge >= 0.3 is 0 Å². The predicted molar refractivity (Wildman–Crippen MR) is 35.1 cm³/mol. The molecule has 2 aliphatic carbocycles. The lowest BCUT2D eigenvalue weighted by molar-refractivity contribution is -0.122. The summed E-state index contributed by atoms with van der Waals surface area (Å²) in [5.41, 5.74) is 0.222. The molecule has 2 saturated carbocycles. The third-order valence-corrected chi connectivity index (χ3v) is 2.85. The molecule has 0 aromatic heterocycles. The molecule has 0 aliphatic heterocycles. The third-order valence-electron chi connectivity index (χ3n) is 2.85. The molecule has 0 unspecified atom stereocenters. The predicted octanol–water partition coefficient (Wildman–Crippen LogP) is 1.77. The summed E-state index contributed by atoms with van der Waals surface area (Å²) in [5, 5.41) is 0. The average molecular weight is 124 g/mol. The Morgan fingerprint density at radius 2 is 2.00 bits per heavy atom. The molecule has 0 spiro atoms. The molecule has 0 amide bonds. The van der Waals surface area contributed by atoms with Gasteiger partial charge in [0.25, 0.3) is 0 Å². The van der Waals surface area contributed by atoms with Crippen molar-refractivity contribution >= 4 is 5.78 Å². The summed E-state index contributed by atoms with van der Waals surface area (Å²) in [6, 6.07) is 0. The van der Waals surface area contributed by atoms with E-state index < -0.39 is 0 Å². The molecule has 2 aliphatic rings. The van der Waals surface area contributed by atoms with Gasteiger partial charge in [-0.25, -0.2) is 0 Å². The Bertz CT molecular complexity index is 152. The van der Waals surface area contributed by atoms with Crippen molar-refractivity contribution in [2.45, 2.75) is 32.6 Å². The second-order valence-electron chi connectivity index (χ2n) is 3.49. The van der Waals surface area contributed by atoms with Crippen LogP contribution in [0.1, 0.15) is 32.6 Å². The van der Waals surface area contributed by atoms with Crippen LogP contribution in [0.4, 0.5) is 0 Å². The monoisotopic (exact) mass is 124 g/mol. The SMILES string of the molecule is CC(=O)C1(C2CC2)CC1. The summed E-state index contributed by atoms with van der Waals surface area (Å²) in [7, 11) is 0. The van der Waals surface area contributed by atoms with E-state index in [0.29, 0.717) is 5.78 Å². The van der Waals surface area contributed by atoms with Crippen LogP contribution in [-0.4, -0.2) is 5.78 Å². The zero-order valence-corrected chi connectivity index (χ0v) is 5.81. The molecule has 0 radical (unpaired) electrons. The zero-order valence-electron chi connectivity index (χ0n) is 5.81. The van der Waals surface area contributed by atoms with Crippen molar-refractivity contribution in [3.8, 4) is 0 Å². The molecule has 9 heavy (non-hydrogen) atoms. The molecule has 0 N–H and O–H groups in total. The summed E-state index contributed by atoms with van der Waals surface area (Å²) >= 11 is 0. The van der Waals surface area contributed by atoms with Gasteiger partial charge in [-0.05, 0) is 38.5 Å². The first-order valence-electron chi connectivity index (χ1n) is 3.77. The number of hydrogen-bond acceptors (Lipinski definition) is 1. The van der Waals surface area contributed by atoms with Crippen LogP contribution in [0.2, 0.25) is 0 Å². The number of ketones is 1. The second-order valence-corrected chi connectivity index (χ2v) is 3.49. The Balaban J connectivity index is 2.12. The molecule has 1 heteroatoms. The van der Waals surface area contributed by atoms with Gasteiger partial charge in [-0.15, -0.1) is 0 Å². The van der Waals surface area contributed by atoms with E-state index in [1.807, 2.05) is 0 Å². The molecule has 0 heterocycles. The number of hydrogen-bond donors (Lipinski definition) is 0. The smallest absolute Gasteiger partial charge is 0.136 e. The highest BCUT2D eigenvalue weighted by molar-refractivity contribution is 5.85. The van der Waals surface area contributed by atoms with E-state index >= 15 is 0 Å². The van der Waals surface area contributed by atoms with Crippen LogP contribution in [-0.2, 0) is 4.79 Å². The molecule has 0 atom stereocenters. The van der Waals surface area contributed by atoms with Crippen LogP contribution in [0.15, 0.2) is 0 Å². The Labute approximate surface area is 55.4 Å². The number of carbonyl (C=O) groups is 1. The Hall–Kier alpha value is -0.330. The Morgan fingerprint density at radius 1 is 1.44 bits per heavy atom. The fourth-order valence-corrected chi connectivity index (χ4v) is 1.82. The van der Waals surface area contributed by atoms with Gasteiger partial charge in [-0.1, -0.05) is 0 Å². The first kappa shape index (κ1) is 5.45. The van der Waals surface area contributed by atoms with E-state index in [-0.39, 0.29) is 5.41 Å². The standard InChI is InChI=1S/C8H12O/c1-6(9)8(4-5-8)7-2-3-7/h7H,2-5H2,1H3. The normalized spacial score (nSPS) is 29.9. The van der Waals surface area contributed by atoms with E-state index in [9.17, 15) is 4.79 Å². The van der Waals surface area contributed by atoms with Crippen LogP contribution in [0.5, 0.6) is 0 Å². The topological polar surface area (TPSA) is 17.1 Å². The van der Waals surface area contributed by atoms with E-state index in [0.717, 1.165) is 5.92 Å².